The van der Waals surface area contributed by atoms with Gasteiger partial charge in [-0.1, -0.05) is 0 Å². The van der Waals surface area contributed by atoms with Crippen LogP contribution in [0.3, 0.4) is 0 Å². The summed E-state index contributed by atoms with van der Waals surface area (Å²) in [5.74, 6) is 0. The van der Waals surface area contributed by atoms with E-state index in [1.807, 2.05) is 0 Å². The van der Waals surface area contributed by atoms with Crippen LogP contribution < -0.4 is 0 Å². The molecule has 0 saturated carbocycles. The van der Waals surface area contributed by atoms with E-state index in [0.717, 1.165) is 6.54 Å². The molecule has 0 bridgehead atoms. The van der Waals surface area contributed by atoms with E-state index in [1.54, 1.807) is 0 Å². The van der Waals surface area contributed by atoms with E-state index in [-0.39, 0.29) is 11.0 Å². The van der Waals surface area contributed by atoms with E-state index < -0.39 is 0 Å². The highest BCUT2D eigenvalue weighted by Crippen LogP contribution is 2.29. The molecular formula is C10H18N2O. The van der Waals surface area contributed by atoms with Crippen molar-refractivity contribution < 1.29 is 4.74 Å². The molecule has 1 heterocycles. The maximum absolute atomic E-state index is 8.99. The zero-order chi connectivity index (χ0) is 10.1. The molecule has 0 aromatic rings. The maximum atomic E-state index is 8.99. The van der Waals surface area contributed by atoms with Gasteiger partial charge >= 0.3 is 0 Å². The molecular weight excluding hydrogens is 164 g/mol. The van der Waals surface area contributed by atoms with Gasteiger partial charge in [-0.05, 0) is 27.8 Å². The minimum absolute atomic E-state index is 0.124. The van der Waals surface area contributed by atoms with Gasteiger partial charge in [0.25, 0.3) is 0 Å². The van der Waals surface area contributed by atoms with Crippen LogP contribution >= 0.6 is 0 Å². The summed E-state index contributed by atoms with van der Waals surface area (Å²) in [7, 11) is 2.05. The predicted molar refractivity (Wildman–Crippen MR) is 51.2 cm³/mol. The van der Waals surface area contributed by atoms with E-state index in [9.17, 15) is 0 Å². The number of nitriles is 1. The van der Waals surface area contributed by atoms with Gasteiger partial charge in [-0.2, -0.15) is 5.26 Å². The third-order valence-corrected chi connectivity index (χ3v) is 2.68. The smallest absolute Gasteiger partial charge is 0.116 e. The summed E-state index contributed by atoms with van der Waals surface area (Å²) in [5, 5.41) is 8.99. The van der Waals surface area contributed by atoms with Gasteiger partial charge < -0.3 is 4.74 Å². The minimum Gasteiger partial charge on any atom is -0.378 e. The molecule has 0 unspecified atom stereocenters. The lowest BCUT2D eigenvalue weighted by atomic mass is 9.86. The number of hydrogen-bond acceptors (Lipinski definition) is 3. The monoisotopic (exact) mass is 182 g/mol. The largest absolute Gasteiger partial charge is 0.378 e. The summed E-state index contributed by atoms with van der Waals surface area (Å²) in [6.07, 6.45) is 0. The lowest BCUT2D eigenvalue weighted by molar-refractivity contribution is -0.0967. The molecule has 13 heavy (non-hydrogen) atoms. The molecule has 0 aromatic carbocycles. The Morgan fingerprint density at radius 2 is 2.00 bits per heavy atom. The highest BCUT2D eigenvalue weighted by Gasteiger charge is 2.41. The zero-order valence-electron chi connectivity index (χ0n) is 8.92. The van der Waals surface area contributed by atoms with E-state index in [4.69, 9.17) is 10.00 Å². The summed E-state index contributed by atoms with van der Waals surface area (Å²) >= 11 is 0. The topological polar surface area (TPSA) is 36.3 Å². The molecule has 1 rings (SSSR count). The van der Waals surface area contributed by atoms with Crippen LogP contribution in [-0.2, 0) is 4.74 Å². The van der Waals surface area contributed by atoms with Crippen LogP contribution in [0, 0.1) is 16.7 Å². The molecule has 1 aliphatic heterocycles. The first-order chi connectivity index (χ1) is 5.90. The first-order valence-corrected chi connectivity index (χ1v) is 4.60. The Balaban J connectivity index is 2.53. The quantitative estimate of drug-likeness (QED) is 0.645. The van der Waals surface area contributed by atoms with E-state index in [2.05, 4.69) is 38.8 Å². The first-order valence-electron chi connectivity index (χ1n) is 4.60. The Morgan fingerprint density at radius 1 is 1.46 bits per heavy atom. The Morgan fingerprint density at radius 3 is 2.23 bits per heavy atom. The second kappa shape index (κ2) is 3.28. The van der Waals surface area contributed by atoms with Gasteiger partial charge in [0.05, 0.1) is 19.3 Å². The number of nitrogens with zero attached hydrogens (tertiary/aromatic N) is 2. The molecule has 0 amide bonds. The third-order valence-electron chi connectivity index (χ3n) is 2.68. The molecule has 1 fully saturated rings. The van der Waals surface area contributed by atoms with Gasteiger partial charge in [-0.3, -0.25) is 4.90 Å². The van der Waals surface area contributed by atoms with Crippen LogP contribution in [0.1, 0.15) is 20.8 Å². The lowest BCUT2D eigenvalue weighted by Crippen LogP contribution is -2.53. The van der Waals surface area contributed by atoms with Crippen molar-refractivity contribution in [1.82, 2.24) is 4.90 Å². The van der Waals surface area contributed by atoms with Crippen LogP contribution in [0.4, 0.5) is 0 Å². The summed E-state index contributed by atoms with van der Waals surface area (Å²) in [6, 6.07) is 2.35. The van der Waals surface area contributed by atoms with E-state index in [1.165, 1.54) is 0 Å². The standard InChI is InChI=1S/C10H18N2O/c1-9(2,3)12(4)6-10(5-11)7-13-8-10/h6-8H2,1-4H3. The van der Waals surface area contributed by atoms with Crippen molar-refractivity contribution in [3.8, 4) is 6.07 Å². The normalized spacial score (nSPS) is 20.9. The molecule has 0 N–H and O–H groups in total. The number of rotatable bonds is 2. The van der Waals surface area contributed by atoms with Crippen LogP contribution in [0.2, 0.25) is 0 Å². The first kappa shape index (κ1) is 10.5. The fraction of sp³-hybridized carbons (Fsp3) is 0.900. The highest BCUT2D eigenvalue weighted by atomic mass is 16.5. The molecule has 3 heteroatoms. The SMILES string of the molecule is CN(CC1(C#N)COC1)C(C)(C)C. The van der Waals surface area contributed by atoms with Crippen molar-refractivity contribution >= 4 is 0 Å². The molecule has 3 nitrogen and oxygen atoms in total. The molecule has 0 atom stereocenters. The summed E-state index contributed by atoms with van der Waals surface area (Å²) in [5.41, 5.74) is -0.124. The Hall–Kier alpha value is -0.590. The van der Waals surface area contributed by atoms with Crippen LogP contribution in [0.25, 0.3) is 0 Å². The van der Waals surface area contributed by atoms with Crippen LogP contribution in [0.15, 0.2) is 0 Å². The summed E-state index contributed by atoms with van der Waals surface area (Å²) in [4.78, 5) is 2.21. The van der Waals surface area contributed by atoms with Gasteiger partial charge in [-0.25, -0.2) is 0 Å². The summed E-state index contributed by atoms with van der Waals surface area (Å²) < 4.78 is 5.09. The fourth-order valence-electron chi connectivity index (χ4n) is 1.23. The second-order valence-electron chi connectivity index (χ2n) is 4.91. The van der Waals surface area contributed by atoms with Gasteiger partial charge in [-0.15, -0.1) is 0 Å². The lowest BCUT2D eigenvalue weighted by Gasteiger charge is -2.42. The van der Waals surface area contributed by atoms with Gasteiger partial charge in [0.1, 0.15) is 5.41 Å². The van der Waals surface area contributed by atoms with Crippen LogP contribution in [0.5, 0.6) is 0 Å². The van der Waals surface area contributed by atoms with Crippen LogP contribution in [-0.4, -0.2) is 37.2 Å². The van der Waals surface area contributed by atoms with Crippen molar-refractivity contribution in [2.24, 2.45) is 5.41 Å². The molecule has 74 valence electrons. The van der Waals surface area contributed by atoms with Crippen molar-refractivity contribution in [2.75, 3.05) is 26.8 Å². The molecule has 0 aromatic heterocycles. The van der Waals surface area contributed by atoms with Crippen molar-refractivity contribution in [2.45, 2.75) is 26.3 Å². The summed E-state index contributed by atoms with van der Waals surface area (Å²) in [6.45, 7) is 8.42. The minimum atomic E-state index is -0.248. The number of ether oxygens (including phenoxy) is 1. The Bertz CT molecular complexity index is 220. The highest BCUT2D eigenvalue weighted by molar-refractivity contribution is 5.06. The van der Waals surface area contributed by atoms with Crippen molar-refractivity contribution in [3.63, 3.8) is 0 Å². The number of hydrogen-bond donors (Lipinski definition) is 0. The zero-order valence-corrected chi connectivity index (χ0v) is 8.92. The van der Waals surface area contributed by atoms with Gasteiger partial charge in [0, 0.05) is 12.1 Å². The van der Waals surface area contributed by atoms with Crippen molar-refractivity contribution in [3.05, 3.63) is 0 Å². The van der Waals surface area contributed by atoms with Gasteiger partial charge in [0.15, 0.2) is 0 Å². The molecule has 0 aliphatic carbocycles. The average Bonchev–Trinajstić information content (AvgIpc) is 1.94. The fourth-order valence-corrected chi connectivity index (χ4v) is 1.23. The molecule has 0 radical (unpaired) electrons. The second-order valence-corrected chi connectivity index (χ2v) is 4.91. The van der Waals surface area contributed by atoms with E-state index >= 15 is 0 Å². The van der Waals surface area contributed by atoms with E-state index in [0.29, 0.717) is 13.2 Å². The Labute approximate surface area is 80.3 Å². The molecule has 1 aliphatic rings. The van der Waals surface area contributed by atoms with Gasteiger partial charge in [0.2, 0.25) is 0 Å². The third kappa shape index (κ3) is 2.20. The average molecular weight is 182 g/mol. The molecule has 1 saturated heterocycles. The predicted octanol–water partition coefficient (Wildman–Crippen LogP) is 1.26. The van der Waals surface area contributed by atoms with Crippen molar-refractivity contribution in [1.29, 1.82) is 5.26 Å². The Kier molecular flexibility index (Phi) is 2.65. The maximum Gasteiger partial charge on any atom is 0.116 e. The molecule has 0 spiro atoms.